The Balaban J connectivity index is 1.66. The van der Waals surface area contributed by atoms with Crippen LogP contribution in [0, 0.1) is 12.7 Å². The van der Waals surface area contributed by atoms with Crippen LogP contribution >= 0.6 is 0 Å². The van der Waals surface area contributed by atoms with Gasteiger partial charge in [-0.3, -0.25) is 4.98 Å². The maximum Gasteiger partial charge on any atom is 0.345 e. The molecule has 0 bridgehead atoms. The summed E-state index contributed by atoms with van der Waals surface area (Å²) in [5.41, 5.74) is 14.1. The Morgan fingerprint density at radius 1 is 1.05 bits per heavy atom. The van der Waals surface area contributed by atoms with Gasteiger partial charge in [0.1, 0.15) is 17.3 Å². The lowest BCUT2D eigenvalue weighted by molar-refractivity contribution is 0.0734. The molecule has 204 valence electrons. The van der Waals surface area contributed by atoms with Gasteiger partial charge in [-0.2, -0.15) is 0 Å². The summed E-state index contributed by atoms with van der Waals surface area (Å²) < 4.78 is 25.8. The molecule has 40 heavy (non-hydrogen) atoms. The Morgan fingerprint density at radius 2 is 1.82 bits per heavy atom. The van der Waals surface area contributed by atoms with E-state index < -0.39 is 12.0 Å². The van der Waals surface area contributed by atoms with Gasteiger partial charge in [-0.1, -0.05) is 18.2 Å². The van der Waals surface area contributed by atoms with Crippen molar-refractivity contribution in [1.29, 1.82) is 0 Å². The van der Waals surface area contributed by atoms with Gasteiger partial charge in [0.2, 0.25) is 0 Å². The molecule has 0 saturated carbocycles. The molecular formula is C33H32FN3O3. The topological polar surface area (TPSA) is 86.5 Å². The predicted octanol–water partition coefficient (Wildman–Crippen LogP) is 7.08. The molecule has 2 heterocycles. The van der Waals surface area contributed by atoms with Gasteiger partial charge in [0.05, 0.1) is 24.3 Å². The number of nitrogens with zero attached hydrogens (tertiary/aromatic N) is 1. The van der Waals surface area contributed by atoms with Crippen molar-refractivity contribution in [3.63, 3.8) is 0 Å². The van der Waals surface area contributed by atoms with E-state index in [0.29, 0.717) is 22.6 Å². The van der Waals surface area contributed by atoms with Crippen LogP contribution in [-0.4, -0.2) is 23.6 Å². The largest absolute Gasteiger partial charge is 0.496 e. The summed E-state index contributed by atoms with van der Waals surface area (Å²) in [4.78, 5) is 16.6. The number of rotatable bonds is 6. The number of aryl methyl sites for hydroxylation is 1. The number of carbonyl (C=O) groups excluding carboxylic acids is 1. The Hall–Kier alpha value is -4.49. The van der Waals surface area contributed by atoms with Gasteiger partial charge >= 0.3 is 5.97 Å². The van der Waals surface area contributed by atoms with E-state index in [1.165, 1.54) is 18.3 Å². The van der Waals surface area contributed by atoms with Crippen LogP contribution in [-0.2, 0) is 0 Å². The molecule has 3 N–H and O–H groups in total. The number of aromatic nitrogens is 1. The number of pyridine rings is 1. The van der Waals surface area contributed by atoms with Crippen LogP contribution < -0.4 is 20.5 Å². The van der Waals surface area contributed by atoms with Crippen molar-refractivity contribution in [2.45, 2.75) is 39.3 Å². The number of benzene rings is 3. The SMILES string of the molecule is COc1cc(OC(=O)c2cccnc2)ccc1-c1ccc2c(c1C(N)c1cc(F)ccc1C)C(C)=CC(C)(C)N2. The van der Waals surface area contributed by atoms with E-state index in [1.54, 1.807) is 43.6 Å². The van der Waals surface area contributed by atoms with Gasteiger partial charge in [0.15, 0.2) is 0 Å². The van der Waals surface area contributed by atoms with Gasteiger partial charge in [-0.25, -0.2) is 9.18 Å². The van der Waals surface area contributed by atoms with Crippen LogP contribution in [0.5, 0.6) is 11.5 Å². The maximum atomic E-state index is 14.4. The number of carbonyl (C=O) groups is 1. The summed E-state index contributed by atoms with van der Waals surface area (Å²) in [6.07, 6.45) is 5.22. The Morgan fingerprint density at radius 3 is 2.55 bits per heavy atom. The quantitative estimate of drug-likeness (QED) is 0.202. The number of ether oxygens (including phenoxy) is 2. The highest BCUT2D eigenvalue weighted by atomic mass is 19.1. The third-order valence-electron chi connectivity index (χ3n) is 7.13. The molecule has 0 saturated heterocycles. The average Bonchev–Trinajstić information content (AvgIpc) is 2.93. The Kier molecular flexibility index (Phi) is 7.17. The van der Waals surface area contributed by atoms with Gasteiger partial charge in [0.25, 0.3) is 0 Å². The molecule has 0 spiro atoms. The van der Waals surface area contributed by atoms with Crippen LogP contribution in [0.2, 0.25) is 0 Å². The van der Waals surface area contributed by atoms with Crippen molar-refractivity contribution in [2.24, 2.45) is 5.73 Å². The van der Waals surface area contributed by atoms with Gasteiger partial charge in [-0.15, -0.1) is 0 Å². The third-order valence-corrected chi connectivity index (χ3v) is 7.13. The summed E-state index contributed by atoms with van der Waals surface area (Å²) in [6.45, 7) is 8.22. The number of nitrogens with one attached hydrogen (secondary N) is 1. The first-order valence-corrected chi connectivity index (χ1v) is 13.0. The minimum atomic E-state index is -0.625. The minimum Gasteiger partial charge on any atom is -0.496 e. The van der Waals surface area contributed by atoms with Crippen molar-refractivity contribution in [1.82, 2.24) is 4.98 Å². The fraction of sp³-hybridized carbons (Fsp3) is 0.212. The summed E-state index contributed by atoms with van der Waals surface area (Å²) in [5.74, 6) is -0.0213. The first kappa shape index (κ1) is 27.1. The first-order chi connectivity index (χ1) is 19.1. The predicted molar refractivity (Wildman–Crippen MR) is 156 cm³/mol. The molecule has 7 heteroatoms. The number of halogens is 1. The monoisotopic (exact) mass is 537 g/mol. The summed E-state index contributed by atoms with van der Waals surface area (Å²) in [5, 5.41) is 3.59. The Labute approximate surface area is 233 Å². The number of allylic oxidation sites excluding steroid dienone is 1. The number of fused-ring (bicyclic) bond motifs is 1. The molecule has 0 amide bonds. The molecule has 0 radical (unpaired) electrons. The van der Waals surface area contributed by atoms with Gasteiger partial charge < -0.3 is 20.5 Å². The highest BCUT2D eigenvalue weighted by Gasteiger charge is 2.30. The van der Waals surface area contributed by atoms with Crippen molar-refractivity contribution in [3.8, 4) is 22.6 Å². The van der Waals surface area contributed by atoms with Crippen molar-refractivity contribution < 1.29 is 18.7 Å². The highest BCUT2D eigenvalue weighted by molar-refractivity contribution is 5.92. The molecule has 3 aromatic carbocycles. The van der Waals surface area contributed by atoms with Crippen LogP contribution in [0.3, 0.4) is 0 Å². The molecule has 1 aliphatic rings. The average molecular weight is 538 g/mol. The van der Waals surface area contributed by atoms with Gasteiger partial charge in [-0.05, 0) is 98.0 Å². The standard InChI is InChI=1S/C33H32FN3O3/c1-19-8-9-22(34)15-26(19)31(35)30-25(12-13-27-29(30)20(2)17-33(3,4)37-27)24-11-10-23(16-28(24)39-5)40-32(38)21-7-6-14-36-18-21/h6-18,31,37H,35H2,1-5H3. The molecule has 1 unspecified atom stereocenters. The molecule has 1 atom stereocenters. The fourth-order valence-electron chi connectivity index (χ4n) is 5.41. The smallest absolute Gasteiger partial charge is 0.345 e. The molecular weight excluding hydrogens is 505 g/mol. The number of hydrogen-bond donors (Lipinski definition) is 2. The van der Waals surface area contributed by atoms with Crippen molar-refractivity contribution in [2.75, 3.05) is 12.4 Å². The van der Waals surface area contributed by atoms with Gasteiger partial charge in [0, 0.05) is 35.3 Å². The summed E-state index contributed by atoms with van der Waals surface area (Å²) in [7, 11) is 1.56. The highest BCUT2D eigenvalue weighted by Crippen LogP contribution is 2.46. The zero-order chi connectivity index (χ0) is 28.6. The van der Waals surface area contributed by atoms with E-state index in [-0.39, 0.29) is 11.4 Å². The van der Waals surface area contributed by atoms with Crippen LogP contribution in [0.1, 0.15) is 59.4 Å². The van der Waals surface area contributed by atoms with E-state index in [2.05, 4.69) is 37.1 Å². The van der Waals surface area contributed by atoms with Crippen molar-refractivity contribution >= 4 is 17.2 Å². The van der Waals surface area contributed by atoms with E-state index in [1.807, 2.05) is 25.1 Å². The Bertz CT molecular complexity index is 1630. The molecule has 6 nitrogen and oxygen atoms in total. The fourth-order valence-corrected chi connectivity index (χ4v) is 5.41. The number of hydrogen-bond acceptors (Lipinski definition) is 6. The molecule has 4 aromatic rings. The molecule has 0 fully saturated rings. The first-order valence-electron chi connectivity index (χ1n) is 13.0. The molecule has 1 aliphatic heterocycles. The zero-order valence-corrected chi connectivity index (χ0v) is 23.2. The van der Waals surface area contributed by atoms with Crippen LogP contribution in [0.25, 0.3) is 16.7 Å². The van der Waals surface area contributed by atoms with E-state index in [4.69, 9.17) is 15.2 Å². The van der Waals surface area contributed by atoms with Crippen LogP contribution in [0.15, 0.2) is 79.1 Å². The lowest BCUT2D eigenvalue weighted by Crippen LogP contribution is -2.32. The molecule has 1 aromatic heterocycles. The number of methoxy groups -OCH3 is 1. The lowest BCUT2D eigenvalue weighted by Gasteiger charge is -2.35. The number of nitrogens with two attached hydrogens (primary N) is 1. The summed E-state index contributed by atoms with van der Waals surface area (Å²) in [6, 6.07) is 16.7. The lowest BCUT2D eigenvalue weighted by atomic mass is 9.80. The zero-order valence-electron chi connectivity index (χ0n) is 23.2. The molecule has 5 rings (SSSR count). The minimum absolute atomic E-state index is 0.244. The number of anilines is 1. The summed E-state index contributed by atoms with van der Waals surface area (Å²) >= 11 is 0. The number of esters is 1. The second-order valence-corrected chi connectivity index (χ2v) is 10.6. The third kappa shape index (κ3) is 5.20. The van der Waals surface area contributed by atoms with Crippen molar-refractivity contribution in [3.05, 3.63) is 113 Å². The van der Waals surface area contributed by atoms with E-state index in [9.17, 15) is 9.18 Å². The van der Waals surface area contributed by atoms with E-state index in [0.717, 1.165) is 39.1 Å². The maximum absolute atomic E-state index is 14.4. The molecule has 0 aliphatic carbocycles. The second-order valence-electron chi connectivity index (χ2n) is 10.6. The van der Waals surface area contributed by atoms with Crippen LogP contribution in [0.4, 0.5) is 10.1 Å². The second kappa shape index (κ2) is 10.6. The normalized spacial score (nSPS) is 14.4. The van der Waals surface area contributed by atoms with E-state index >= 15 is 0 Å².